The van der Waals surface area contributed by atoms with E-state index in [1.54, 1.807) is 0 Å². The molecule has 0 saturated heterocycles. The van der Waals surface area contributed by atoms with Gasteiger partial charge in [0.25, 0.3) is 0 Å². The fourth-order valence-corrected chi connectivity index (χ4v) is 0.665. The lowest BCUT2D eigenvalue weighted by atomic mass is 10.2. The van der Waals surface area contributed by atoms with E-state index < -0.39 is 5.91 Å². The van der Waals surface area contributed by atoms with Gasteiger partial charge >= 0.3 is 0 Å². The quantitative estimate of drug-likeness (QED) is 0.451. The van der Waals surface area contributed by atoms with Crippen LogP contribution in [-0.4, -0.2) is 21.9 Å². The number of H-pyrrole nitrogens is 1. The van der Waals surface area contributed by atoms with Gasteiger partial charge in [-0.3, -0.25) is 14.7 Å². The maximum absolute atomic E-state index is 10.9. The van der Waals surface area contributed by atoms with Gasteiger partial charge in [0.2, 0.25) is 5.91 Å². The predicted octanol–water partition coefficient (Wildman–Crippen LogP) is -0.532. The number of amides is 1. The van der Waals surface area contributed by atoms with Crippen LogP contribution >= 0.6 is 0 Å². The number of hydrogen-bond donors (Lipinski definition) is 2. The van der Waals surface area contributed by atoms with E-state index in [9.17, 15) is 9.59 Å². The van der Waals surface area contributed by atoms with Gasteiger partial charge < -0.3 is 5.73 Å². The Hall–Kier alpha value is -1.65. The molecule has 0 unspecified atom stereocenters. The van der Waals surface area contributed by atoms with Crippen molar-refractivity contribution in [3.05, 3.63) is 18.0 Å². The molecule has 0 aromatic carbocycles. The van der Waals surface area contributed by atoms with Crippen molar-refractivity contribution in [2.75, 3.05) is 0 Å². The Kier molecular flexibility index (Phi) is 2.00. The lowest BCUT2D eigenvalue weighted by molar-refractivity contribution is -0.117. The average Bonchev–Trinajstić information content (AvgIpc) is 2.35. The van der Waals surface area contributed by atoms with Crippen LogP contribution < -0.4 is 5.73 Å². The molecule has 1 amide bonds. The molecule has 0 spiro atoms. The van der Waals surface area contributed by atoms with Gasteiger partial charge in [0.1, 0.15) is 5.69 Å². The third-order valence-electron chi connectivity index (χ3n) is 1.14. The smallest absolute Gasteiger partial charge is 0.225 e. The summed E-state index contributed by atoms with van der Waals surface area (Å²) in [6.45, 7) is 0. The summed E-state index contributed by atoms with van der Waals surface area (Å²) in [6, 6.07) is 1.49. The second-order valence-corrected chi connectivity index (χ2v) is 2.04. The SMILES string of the molecule is NC(=O)CC(=O)c1ccn[nH]1. The van der Waals surface area contributed by atoms with Gasteiger partial charge in [-0.25, -0.2) is 0 Å². The third-order valence-corrected chi connectivity index (χ3v) is 1.14. The van der Waals surface area contributed by atoms with E-state index in [0.29, 0.717) is 5.69 Å². The first-order chi connectivity index (χ1) is 5.20. The van der Waals surface area contributed by atoms with Crippen LogP contribution in [0.3, 0.4) is 0 Å². The van der Waals surface area contributed by atoms with Gasteiger partial charge in [-0.05, 0) is 6.07 Å². The van der Waals surface area contributed by atoms with Crippen molar-refractivity contribution in [3.63, 3.8) is 0 Å². The molecule has 0 saturated carbocycles. The summed E-state index contributed by atoms with van der Waals surface area (Å²) in [7, 11) is 0. The highest BCUT2D eigenvalue weighted by atomic mass is 16.2. The first kappa shape index (κ1) is 7.46. The van der Waals surface area contributed by atoms with Crippen LogP contribution in [0.15, 0.2) is 12.3 Å². The van der Waals surface area contributed by atoms with E-state index in [1.165, 1.54) is 12.3 Å². The summed E-state index contributed by atoms with van der Waals surface area (Å²) in [6.07, 6.45) is 1.16. The Morgan fingerprint density at radius 3 is 2.82 bits per heavy atom. The zero-order valence-electron chi connectivity index (χ0n) is 5.70. The molecule has 5 heteroatoms. The van der Waals surface area contributed by atoms with Gasteiger partial charge in [-0.1, -0.05) is 0 Å². The fourth-order valence-electron chi connectivity index (χ4n) is 0.665. The molecule has 0 aliphatic heterocycles. The van der Waals surface area contributed by atoms with Crippen LogP contribution in [0.25, 0.3) is 0 Å². The highest BCUT2D eigenvalue weighted by Crippen LogP contribution is 1.96. The van der Waals surface area contributed by atoms with Crippen LogP contribution in [0.4, 0.5) is 0 Å². The highest BCUT2D eigenvalue weighted by Gasteiger charge is 2.09. The molecule has 5 nitrogen and oxygen atoms in total. The molecule has 0 aliphatic carbocycles. The molecule has 58 valence electrons. The number of carbonyl (C=O) groups excluding carboxylic acids is 2. The molecule has 0 radical (unpaired) electrons. The molecule has 1 aromatic rings. The molecule has 1 rings (SSSR count). The molecular formula is C6H7N3O2. The number of primary amides is 1. The van der Waals surface area contributed by atoms with Gasteiger partial charge in [0, 0.05) is 6.20 Å². The average molecular weight is 153 g/mol. The first-order valence-corrected chi connectivity index (χ1v) is 3.01. The second kappa shape index (κ2) is 2.96. The molecule has 11 heavy (non-hydrogen) atoms. The number of carbonyl (C=O) groups is 2. The monoisotopic (exact) mass is 153 g/mol. The van der Waals surface area contributed by atoms with Gasteiger partial charge in [0.05, 0.1) is 6.42 Å². The summed E-state index contributed by atoms with van der Waals surface area (Å²) in [4.78, 5) is 21.2. The van der Waals surface area contributed by atoms with Crippen molar-refractivity contribution >= 4 is 11.7 Å². The Balaban J connectivity index is 2.64. The molecule has 0 bridgehead atoms. The largest absolute Gasteiger partial charge is 0.369 e. The lowest BCUT2D eigenvalue weighted by Crippen LogP contribution is -2.16. The zero-order chi connectivity index (χ0) is 8.27. The van der Waals surface area contributed by atoms with Crippen LogP contribution in [0.2, 0.25) is 0 Å². The molecular weight excluding hydrogens is 146 g/mol. The van der Waals surface area contributed by atoms with E-state index in [0.717, 1.165) is 0 Å². The van der Waals surface area contributed by atoms with Crippen LogP contribution in [0.5, 0.6) is 0 Å². The molecule has 0 fully saturated rings. The third kappa shape index (κ3) is 1.89. The Morgan fingerprint density at radius 2 is 2.36 bits per heavy atom. The summed E-state index contributed by atoms with van der Waals surface area (Å²) < 4.78 is 0. The number of aromatic nitrogens is 2. The number of rotatable bonds is 3. The van der Waals surface area contributed by atoms with Crippen molar-refractivity contribution in [1.82, 2.24) is 10.2 Å². The van der Waals surface area contributed by atoms with Crippen LogP contribution in [-0.2, 0) is 4.79 Å². The number of aromatic amines is 1. The van der Waals surface area contributed by atoms with E-state index in [1.807, 2.05) is 0 Å². The molecule has 3 N–H and O–H groups in total. The summed E-state index contributed by atoms with van der Waals surface area (Å²) in [5, 5.41) is 5.99. The fraction of sp³-hybridized carbons (Fsp3) is 0.167. The van der Waals surface area contributed by atoms with Crippen molar-refractivity contribution in [2.45, 2.75) is 6.42 Å². The van der Waals surface area contributed by atoms with E-state index in [2.05, 4.69) is 10.2 Å². The van der Waals surface area contributed by atoms with E-state index in [4.69, 9.17) is 5.73 Å². The van der Waals surface area contributed by atoms with Crippen molar-refractivity contribution in [1.29, 1.82) is 0 Å². The van der Waals surface area contributed by atoms with E-state index >= 15 is 0 Å². The number of Topliss-reactive ketones (excluding diaryl/α,β-unsaturated/α-hetero) is 1. The second-order valence-electron chi connectivity index (χ2n) is 2.04. The first-order valence-electron chi connectivity index (χ1n) is 3.01. The Bertz CT molecular complexity index is 265. The molecule has 1 aromatic heterocycles. The normalized spacial score (nSPS) is 9.45. The number of nitrogens with zero attached hydrogens (tertiary/aromatic N) is 1. The minimum absolute atomic E-state index is 0.276. The van der Waals surface area contributed by atoms with Crippen molar-refractivity contribution in [3.8, 4) is 0 Å². The zero-order valence-corrected chi connectivity index (χ0v) is 5.70. The van der Waals surface area contributed by atoms with Crippen LogP contribution in [0, 0.1) is 0 Å². The molecule has 1 heterocycles. The standard InChI is InChI=1S/C6H7N3O2/c7-6(11)3-5(10)4-1-2-8-9-4/h1-2H,3H2,(H2,7,11)(H,8,9). The van der Waals surface area contributed by atoms with Crippen LogP contribution in [0.1, 0.15) is 16.9 Å². The summed E-state index contributed by atoms with van der Waals surface area (Å²) in [5.74, 6) is -0.973. The van der Waals surface area contributed by atoms with E-state index in [-0.39, 0.29) is 12.2 Å². The lowest BCUT2D eigenvalue weighted by Gasteiger charge is -1.90. The summed E-state index contributed by atoms with van der Waals surface area (Å²) >= 11 is 0. The summed E-state index contributed by atoms with van der Waals surface area (Å²) in [5.41, 5.74) is 5.11. The number of hydrogen-bond acceptors (Lipinski definition) is 3. The number of nitrogens with one attached hydrogen (secondary N) is 1. The maximum Gasteiger partial charge on any atom is 0.225 e. The number of nitrogens with two attached hydrogens (primary N) is 1. The highest BCUT2D eigenvalue weighted by molar-refractivity contribution is 6.05. The molecule has 0 atom stereocenters. The topological polar surface area (TPSA) is 88.8 Å². The Labute approximate surface area is 62.6 Å². The van der Waals surface area contributed by atoms with Crippen molar-refractivity contribution < 1.29 is 9.59 Å². The van der Waals surface area contributed by atoms with Gasteiger partial charge in [-0.15, -0.1) is 0 Å². The molecule has 0 aliphatic rings. The minimum Gasteiger partial charge on any atom is -0.369 e. The van der Waals surface area contributed by atoms with Gasteiger partial charge in [-0.2, -0.15) is 5.10 Å². The maximum atomic E-state index is 10.9. The van der Waals surface area contributed by atoms with Crippen molar-refractivity contribution in [2.24, 2.45) is 5.73 Å². The predicted molar refractivity (Wildman–Crippen MR) is 36.7 cm³/mol. The van der Waals surface area contributed by atoms with Gasteiger partial charge in [0.15, 0.2) is 5.78 Å². The Morgan fingerprint density at radius 1 is 1.64 bits per heavy atom. The number of ketones is 1. The minimum atomic E-state index is -0.635.